The fourth-order valence-electron chi connectivity index (χ4n) is 4.52. The van der Waals surface area contributed by atoms with E-state index in [0.717, 1.165) is 64.7 Å². The maximum Gasteiger partial charge on any atom is 0.143 e. The van der Waals surface area contributed by atoms with Gasteiger partial charge in [-0.15, -0.1) is 11.3 Å². The van der Waals surface area contributed by atoms with Crippen molar-refractivity contribution in [2.75, 3.05) is 0 Å². The zero-order valence-corrected chi connectivity index (χ0v) is 19.7. The highest BCUT2D eigenvalue weighted by molar-refractivity contribution is 9.10. The Bertz CT molecular complexity index is 1850. The molecular weight excluding hydrogens is 492 g/mol. The number of para-hydroxylation sites is 1. The molecular formula is C28H15BrN2OS. The summed E-state index contributed by atoms with van der Waals surface area (Å²) in [7, 11) is 0. The van der Waals surface area contributed by atoms with Crippen LogP contribution in [0.2, 0.25) is 0 Å². The van der Waals surface area contributed by atoms with Crippen LogP contribution in [-0.2, 0) is 0 Å². The minimum Gasteiger partial charge on any atom is -0.456 e. The summed E-state index contributed by atoms with van der Waals surface area (Å²) in [4.78, 5) is 11.4. The third-order valence-corrected chi connectivity index (χ3v) is 7.74. The van der Waals surface area contributed by atoms with Gasteiger partial charge in [0.25, 0.3) is 0 Å². The van der Waals surface area contributed by atoms with Gasteiger partial charge in [-0.3, -0.25) is 0 Å². The van der Waals surface area contributed by atoms with Crippen molar-refractivity contribution < 1.29 is 4.42 Å². The Hall–Kier alpha value is -3.54. The van der Waals surface area contributed by atoms with Crippen LogP contribution >= 0.6 is 27.3 Å². The molecule has 0 aliphatic heterocycles. The molecule has 0 aliphatic rings. The van der Waals surface area contributed by atoms with E-state index >= 15 is 0 Å². The molecule has 33 heavy (non-hydrogen) atoms. The van der Waals surface area contributed by atoms with Crippen molar-refractivity contribution in [2.45, 2.75) is 0 Å². The topological polar surface area (TPSA) is 38.9 Å². The largest absolute Gasteiger partial charge is 0.456 e. The number of aromatic nitrogens is 2. The summed E-state index contributed by atoms with van der Waals surface area (Å²) in [5.41, 5.74) is 6.42. The van der Waals surface area contributed by atoms with Crippen molar-refractivity contribution in [2.24, 2.45) is 0 Å². The highest BCUT2D eigenvalue weighted by Crippen LogP contribution is 2.42. The summed E-state index contributed by atoms with van der Waals surface area (Å²) in [5, 5.41) is 3.28. The van der Waals surface area contributed by atoms with Crippen LogP contribution < -0.4 is 0 Å². The number of fused-ring (bicyclic) bond motifs is 6. The molecule has 3 heterocycles. The predicted octanol–water partition coefficient (Wildman–Crippen LogP) is 8.84. The first-order valence-electron chi connectivity index (χ1n) is 10.6. The molecule has 7 rings (SSSR count). The Morgan fingerprint density at radius 2 is 1.33 bits per heavy atom. The van der Waals surface area contributed by atoms with Crippen LogP contribution in [0.5, 0.6) is 0 Å². The molecule has 0 bridgehead atoms. The Kier molecular flexibility index (Phi) is 4.16. The van der Waals surface area contributed by atoms with Crippen LogP contribution in [-0.4, -0.2) is 9.97 Å². The molecule has 7 aromatic rings. The molecule has 0 unspecified atom stereocenters. The Morgan fingerprint density at radius 3 is 2.24 bits per heavy atom. The Balaban J connectivity index is 1.65. The summed E-state index contributed by atoms with van der Waals surface area (Å²) < 4.78 is 8.34. The zero-order chi connectivity index (χ0) is 21.9. The summed E-state index contributed by atoms with van der Waals surface area (Å²) in [6.07, 6.45) is 0. The van der Waals surface area contributed by atoms with Crippen molar-refractivity contribution in [1.29, 1.82) is 0 Å². The van der Waals surface area contributed by atoms with Gasteiger partial charge < -0.3 is 4.42 Å². The number of nitrogens with zero attached hydrogens (tertiary/aromatic N) is 2. The lowest BCUT2D eigenvalue weighted by atomic mass is 9.99. The first-order chi connectivity index (χ1) is 16.3. The predicted molar refractivity (Wildman–Crippen MR) is 141 cm³/mol. The molecule has 0 amide bonds. The fraction of sp³-hybridized carbons (Fsp3) is 0. The van der Waals surface area contributed by atoms with E-state index in [-0.39, 0.29) is 0 Å². The summed E-state index contributed by atoms with van der Waals surface area (Å²) >= 11 is 5.42. The van der Waals surface area contributed by atoms with Gasteiger partial charge in [0, 0.05) is 36.5 Å². The van der Waals surface area contributed by atoms with Gasteiger partial charge >= 0.3 is 0 Å². The zero-order valence-electron chi connectivity index (χ0n) is 17.2. The van der Waals surface area contributed by atoms with Gasteiger partial charge in [-0.1, -0.05) is 82.7 Å². The van der Waals surface area contributed by atoms with Crippen LogP contribution in [0.4, 0.5) is 0 Å². The van der Waals surface area contributed by atoms with Gasteiger partial charge in [-0.2, -0.15) is 0 Å². The second kappa shape index (κ2) is 7.24. The molecule has 0 fully saturated rings. The fourth-order valence-corrected chi connectivity index (χ4v) is 6.01. The number of thiophene rings is 1. The number of benzene rings is 4. The number of hydrogen-bond acceptors (Lipinski definition) is 4. The van der Waals surface area contributed by atoms with Gasteiger partial charge in [0.2, 0.25) is 0 Å². The highest BCUT2D eigenvalue weighted by atomic mass is 79.9. The van der Waals surface area contributed by atoms with E-state index in [1.54, 1.807) is 11.3 Å². The van der Waals surface area contributed by atoms with E-state index in [9.17, 15) is 0 Å². The van der Waals surface area contributed by atoms with Crippen LogP contribution in [0.25, 0.3) is 64.9 Å². The van der Waals surface area contributed by atoms with E-state index < -0.39 is 0 Å². The summed E-state index contributed by atoms with van der Waals surface area (Å²) in [6, 6.07) is 30.9. The van der Waals surface area contributed by atoms with Gasteiger partial charge in [0.05, 0.1) is 11.4 Å². The van der Waals surface area contributed by atoms with E-state index in [1.807, 2.05) is 48.5 Å². The minimum absolute atomic E-state index is 0.852. The molecule has 156 valence electrons. The molecule has 0 saturated heterocycles. The van der Waals surface area contributed by atoms with Crippen molar-refractivity contribution in [3.8, 4) is 22.5 Å². The lowest BCUT2D eigenvalue weighted by molar-refractivity contribution is 0.669. The maximum atomic E-state index is 6.16. The van der Waals surface area contributed by atoms with Gasteiger partial charge in [-0.25, -0.2) is 9.97 Å². The van der Waals surface area contributed by atoms with E-state index in [4.69, 9.17) is 14.4 Å². The Morgan fingerprint density at radius 1 is 0.636 bits per heavy atom. The van der Waals surface area contributed by atoms with E-state index in [1.165, 1.54) is 4.70 Å². The molecule has 5 heteroatoms. The second-order valence-electron chi connectivity index (χ2n) is 7.93. The number of hydrogen-bond donors (Lipinski definition) is 0. The molecule has 0 aliphatic carbocycles. The smallest absolute Gasteiger partial charge is 0.143 e. The summed E-state index contributed by atoms with van der Waals surface area (Å²) in [6.45, 7) is 0. The monoisotopic (exact) mass is 506 g/mol. The van der Waals surface area contributed by atoms with Gasteiger partial charge in [0.1, 0.15) is 21.5 Å². The van der Waals surface area contributed by atoms with Gasteiger partial charge in [-0.05, 0) is 24.3 Å². The molecule has 0 spiro atoms. The number of furan rings is 1. The lowest BCUT2D eigenvalue weighted by Gasteiger charge is -2.11. The molecule has 0 saturated carbocycles. The average Bonchev–Trinajstić information content (AvgIpc) is 3.41. The SMILES string of the molecule is Brc1ccccc1-c1nc2c(nc1-c1cccc3oc4ccccc4c13)sc1ccccc12. The maximum absolute atomic E-state index is 6.16. The Labute approximate surface area is 201 Å². The van der Waals surface area contributed by atoms with Crippen molar-refractivity contribution in [1.82, 2.24) is 9.97 Å². The molecule has 3 aromatic heterocycles. The normalized spacial score (nSPS) is 11.8. The standard InChI is InChI=1S/C28H15BrN2OS/c29-20-12-4-1-8-16(20)25-26(31-28-27(30-25)18-10-3-6-15-23(18)33-28)19-11-7-14-22-24(19)17-9-2-5-13-21(17)32-22/h1-15H. The number of rotatable bonds is 2. The molecule has 0 radical (unpaired) electrons. The molecule has 3 nitrogen and oxygen atoms in total. The van der Waals surface area contributed by atoms with Crippen molar-refractivity contribution in [3.05, 3.63) is 95.5 Å². The molecule has 0 N–H and O–H groups in total. The van der Waals surface area contributed by atoms with Crippen LogP contribution in [0.15, 0.2) is 99.9 Å². The summed E-state index contributed by atoms with van der Waals surface area (Å²) in [5.74, 6) is 0. The van der Waals surface area contributed by atoms with E-state index in [2.05, 4.69) is 58.4 Å². The first kappa shape index (κ1) is 19.0. The van der Waals surface area contributed by atoms with Crippen LogP contribution in [0.3, 0.4) is 0 Å². The van der Waals surface area contributed by atoms with E-state index in [0.29, 0.717) is 0 Å². The third kappa shape index (κ3) is 2.86. The van der Waals surface area contributed by atoms with Crippen LogP contribution in [0, 0.1) is 0 Å². The quantitative estimate of drug-likeness (QED) is 0.235. The number of halogens is 1. The highest BCUT2D eigenvalue weighted by Gasteiger charge is 2.21. The van der Waals surface area contributed by atoms with Gasteiger partial charge in [0.15, 0.2) is 0 Å². The first-order valence-corrected chi connectivity index (χ1v) is 12.2. The third-order valence-electron chi connectivity index (χ3n) is 6.00. The molecule has 0 atom stereocenters. The van der Waals surface area contributed by atoms with Crippen LogP contribution in [0.1, 0.15) is 0 Å². The molecule has 4 aromatic carbocycles. The lowest BCUT2D eigenvalue weighted by Crippen LogP contribution is -1.95. The van der Waals surface area contributed by atoms with Crippen molar-refractivity contribution in [3.63, 3.8) is 0 Å². The minimum atomic E-state index is 0.852. The second-order valence-corrected chi connectivity index (χ2v) is 9.81. The van der Waals surface area contributed by atoms with Crippen molar-refractivity contribution >= 4 is 69.6 Å². The average molecular weight is 507 g/mol.